The molecule has 0 heterocycles. The molecule has 2 unspecified atom stereocenters. The third-order valence-corrected chi connectivity index (χ3v) is 4.36. The molecule has 0 N–H and O–H groups in total. The Bertz CT molecular complexity index is 293. The van der Waals surface area contributed by atoms with E-state index in [2.05, 4.69) is 33.4 Å². The van der Waals surface area contributed by atoms with Crippen molar-refractivity contribution in [1.82, 2.24) is 0 Å². The highest BCUT2D eigenvalue weighted by atomic mass is 14.4. The second-order valence-electron chi connectivity index (χ2n) is 6.15. The maximum atomic E-state index is 4.16. The minimum Gasteiger partial charge on any atom is -0.0999 e. The van der Waals surface area contributed by atoms with Crippen LogP contribution in [-0.4, -0.2) is 0 Å². The standard InChI is InChI=1S/C15H24/c1-11(2)13-9-12-7-5-6-8-14(12)15(3,4)10-13/h8,12-13H,1,5-7,9-10H2,2-4H3. The van der Waals surface area contributed by atoms with Gasteiger partial charge in [-0.1, -0.05) is 37.6 Å². The van der Waals surface area contributed by atoms with E-state index in [1.807, 2.05) is 0 Å². The molecule has 0 aromatic heterocycles. The minimum atomic E-state index is 0.424. The Hall–Kier alpha value is -0.520. The van der Waals surface area contributed by atoms with Crippen molar-refractivity contribution in [2.75, 3.05) is 0 Å². The lowest BCUT2D eigenvalue weighted by atomic mass is 9.60. The van der Waals surface area contributed by atoms with E-state index >= 15 is 0 Å². The molecule has 0 nitrogen and oxygen atoms in total. The molecule has 0 aromatic carbocycles. The molecule has 0 bridgehead atoms. The molecule has 2 aliphatic rings. The summed E-state index contributed by atoms with van der Waals surface area (Å²) in [5.74, 6) is 1.63. The summed E-state index contributed by atoms with van der Waals surface area (Å²) in [6.07, 6.45) is 9.33. The van der Waals surface area contributed by atoms with Crippen LogP contribution in [0.1, 0.15) is 52.9 Å². The minimum absolute atomic E-state index is 0.424. The van der Waals surface area contributed by atoms with Crippen LogP contribution >= 0.6 is 0 Å². The van der Waals surface area contributed by atoms with Crippen molar-refractivity contribution >= 4 is 0 Å². The molecule has 84 valence electrons. The SMILES string of the molecule is C=C(C)C1CC2CCCC=C2C(C)(C)C1. The van der Waals surface area contributed by atoms with Crippen molar-refractivity contribution in [3.63, 3.8) is 0 Å². The van der Waals surface area contributed by atoms with Gasteiger partial charge in [0.15, 0.2) is 0 Å². The van der Waals surface area contributed by atoms with Crippen LogP contribution in [0, 0.1) is 17.3 Å². The molecule has 1 fully saturated rings. The Kier molecular flexibility index (Phi) is 2.79. The molecule has 2 aliphatic carbocycles. The fraction of sp³-hybridized carbons (Fsp3) is 0.733. The molecule has 15 heavy (non-hydrogen) atoms. The molecule has 2 atom stereocenters. The first-order chi connectivity index (χ1) is 7.00. The van der Waals surface area contributed by atoms with Gasteiger partial charge in [-0.3, -0.25) is 0 Å². The van der Waals surface area contributed by atoms with Gasteiger partial charge < -0.3 is 0 Å². The zero-order valence-corrected chi connectivity index (χ0v) is 10.5. The second-order valence-corrected chi connectivity index (χ2v) is 6.15. The summed E-state index contributed by atoms with van der Waals surface area (Å²) in [4.78, 5) is 0. The van der Waals surface area contributed by atoms with Gasteiger partial charge >= 0.3 is 0 Å². The Morgan fingerprint density at radius 3 is 2.87 bits per heavy atom. The zero-order chi connectivity index (χ0) is 11.1. The van der Waals surface area contributed by atoms with E-state index in [0.717, 1.165) is 11.8 Å². The number of rotatable bonds is 1. The van der Waals surface area contributed by atoms with E-state index in [0.29, 0.717) is 5.41 Å². The smallest absolute Gasteiger partial charge is 0.0136 e. The van der Waals surface area contributed by atoms with Crippen molar-refractivity contribution in [3.8, 4) is 0 Å². The van der Waals surface area contributed by atoms with Gasteiger partial charge in [0.1, 0.15) is 0 Å². The van der Waals surface area contributed by atoms with Crippen LogP contribution in [0.15, 0.2) is 23.8 Å². The van der Waals surface area contributed by atoms with Crippen LogP contribution < -0.4 is 0 Å². The van der Waals surface area contributed by atoms with Crippen LogP contribution in [0.5, 0.6) is 0 Å². The summed E-state index contributed by atoms with van der Waals surface area (Å²) in [7, 11) is 0. The van der Waals surface area contributed by atoms with Crippen LogP contribution in [-0.2, 0) is 0 Å². The predicted molar refractivity (Wildman–Crippen MR) is 66.7 cm³/mol. The average molecular weight is 204 g/mol. The summed E-state index contributed by atoms with van der Waals surface area (Å²) < 4.78 is 0. The van der Waals surface area contributed by atoms with Crippen LogP contribution in [0.4, 0.5) is 0 Å². The first-order valence-electron chi connectivity index (χ1n) is 6.36. The van der Waals surface area contributed by atoms with Crippen molar-refractivity contribution in [2.24, 2.45) is 17.3 Å². The van der Waals surface area contributed by atoms with Crippen LogP contribution in [0.25, 0.3) is 0 Å². The van der Waals surface area contributed by atoms with E-state index < -0.39 is 0 Å². The number of allylic oxidation sites excluding steroid dienone is 3. The molecule has 0 aromatic rings. The Morgan fingerprint density at radius 2 is 2.20 bits per heavy atom. The molecule has 0 aliphatic heterocycles. The number of hydrogen-bond acceptors (Lipinski definition) is 0. The highest BCUT2D eigenvalue weighted by Gasteiger charge is 2.38. The summed E-state index contributed by atoms with van der Waals surface area (Å²) in [5.41, 5.74) is 3.58. The van der Waals surface area contributed by atoms with Crippen molar-refractivity contribution < 1.29 is 0 Å². The van der Waals surface area contributed by atoms with Crippen LogP contribution in [0.3, 0.4) is 0 Å². The van der Waals surface area contributed by atoms with Crippen LogP contribution in [0.2, 0.25) is 0 Å². The highest BCUT2D eigenvalue weighted by Crippen LogP contribution is 2.51. The van der Waals surface area contributed by atoms with E-state index in [1.165, 1.54) is 37.7 Å². The first kappa shape index (κ1) is 11.0. The summed E-state index contributed by atoms with van der Waals surface area (Å²) in [6, 6.07) is 0. The third kappa shape index (κ3) is 2.04. The van der Waals surface area contributed by atoms with Gasteiger partial charge in [0.2, 0.25) is 0 Å². The Morgan fingerprint density at radius 1 is 1.47 bits per heavy atom. The van der Waals surface area contributed by atoms with Gasteiger partial charge in [0, 0.05) is 0 Å². The average Bonchev–Trinajstić information content (AvgIpc) is 2.16. The zero-order valence-electron chi connectivity index (χ0n) is 10.5. The molecule has 2 rings (SSSR count). The Labute approximate surface area is 94.5 Å². The lowest BCUT2D eigenvalue weighted by Gasteiger charge is -2.45. The molecule has 1 saturated carbocycles. The third-order valence-electron chi connectivity index (χ3n) is 4.36. The van der Waals surface area contributed by atoms with E-state index in [4.69, 9.17) is 0 Å². The summed E-state index contributed by atoms with van der Waals surface area (Å²) >= 11 is 0. The monoisotopic (exact) mass is 204 g/mol. The normalized spacial score (nSPS) is 34.2. The lowest BCUT2D eigenvalue weighted by molar-refractivity contribution is 0.210. The summed E-state index contributed by atoms with van der Waals surface area (Å²) in [6.45, 7) is 11.2. The van der Waals surface area contributed by atoms with Gasteiger partial charge in [-0.2, -0.15) is 0 Å². The fourth-order valence-corrected chi connectivity index (χ4v) is 3.55. The topological polar surface area (TPSA) is 0 Å². The van der Waals surface area contributed by atoms with Crippen molar-refractivity contribution in [3.05, 3.63) is 23.8 Å². The van der Waals surface area contributed by atoms with Gasteiger partial charge in [-0.25, -0.2) is 0 Å². The number of fused-ring (bicyclic) bond motifs is 1. The first-order valence-corrected chi connectivity index (χ1v) is 6.36. The maximum absolute atomic E-state index is 4.16. The number of hydrogen-bond donors (Lipinski definition) is 0. The maximum Gasteiger partial charge on any atom is -0.0136 e. The second kappa shape index (κ2) is 3.81. The molecule has 0 radical (unpaired) electrons. The van der Waals surface area contributed by atoms with Gasteiger partial charge in [-0.15, -0.1) is 0 Å². The van der Waals surface area contributed by atoms with Gasteiger partial charge in [-0.05, 0) is 56.3 Å². The molecule has 0 spiro atoms. The largest absolute Gasteiger partial charge is 0.0999 e. The molecule has 0 saturated heterocycles. The molecule has 0 amide bonds. The van der Waals surface area contributed by atoms with Gasteiger partial charge in [0.25, 0.3) is 0 Å². The van der Waals surface area contributed by atoms with Crippen molar-refractivity contribution in [2.45, 2.75) is 52.9 Å². The summed E-state index contributed by atoms with van der Waals surface area (Å²) in [5, 5.41) is 0. The Balaban J connectivity index is 2.24. The quantitative estimate of drug-likeness (QED) is 0.542. The molecular formula is C15H24. The lowest BCUT2D eigenvalue weighted by Crippen LogP contribution is -2.33. The van der Waals surface area contributed by atoms with Crippen molar-refractivity contribution in [1.29, 1.82) is 0 Å². The predicted octanol–water partition coefficient (Wildman–Crippen LogP) is 4.73. The fourth-order valence-electron chi connectivity index (χ4n) is 3.55. The highest BCUT2D eigenvalue weighted by molar-refractivity contribution is 5.23. The van der Waals surface area contributed by atoms with E-state index in [-0.39, 0.29) is 0 Å². The van der Waals surface area contributed by atoms with E-state index in [9.17, 15) is 0 Å². The van der Waals surface area contributed by atoms with E-state index in [1.54, 1.807) is 5.57 Å². The van der Waals surface area contributed by atoms with Gasteiger partial charge in [0.05, 0.1) is 0 Å². The molecular weight excluding hydrogens is 180 g/mol. The molecule has 0 heteroatoms.